The second-order valence-corrected chi connectivity index (χ2v) is 7.34. The van der Waals surface area contributed by atoms with E-state index in [1.165, 1.54) is 0 Å². The number of nitriles is 1. The number of hydrogen-bond donors (Lipinski definition) is 2. The van der Waals surface area contributed by atoms with Crippen LogP contribution in [0.5, 0.6) is 0 Å². The Morgan fingerprint density at radius 1 is 1.14 bits per heavy atom. The Balaban J connectivity index is 1.92. The number of anilines is 1. The number of halogens is 3. The summed E-state index contributed by atoms with van der Waals surface area (Å²) in [4.78, 5) is 0. The second kappa shape index (κ2) is 8.38. The molecule has 2 atom stereocenters. The summed E-state index contributed by atoms with van der Waals surface area (Å²) in [6, 6.07) is 9.62. The molecule has 6 nitrogen and oxygen atoms in total. The largest absolute Gasteiger partial charge is 0.418 e. The molecule has 0 aliphatic carbocycles. The lowest BCUT2D eigenvalue weighted by atomic mass is 10.1. The van der Waals surface area contributed by atoms with Gasteiger partial charge in [-0.15, -0.1) is 10.2 Å². The first-order valence-electron chi connectivity index (χ1n) is 8.24. The first kappa shape index (κ1) is 20.4. The van der Waals surface area contributed by atoms with Gasteiger partial charge in [-0.3, -0.25) is 0 Å². The van der Waals surface area contributed by atoms with Crippen LogP contribution in [0.3, 0.4) is 0 Å². The molecular weight excluding hydrogens is 423 g/mol. The number of nitrogens with zero attached hydrogens (tertiary/aromatic N) is 3. The summed E-state index contributed by atoms with van der Waals surface area (Å²) < 4.78 is 5.74. The van der Waals surface area contributed by atoms with Crippen LogP contribution in [0.15, 0.2) is 34.7 Å². The maximum atomic E-state index is 10.2. The Labute approximate surface area is 176 Å². The zero-order valence-corrected chi connectivity index (χ0v) is 17.1. The predicted molar refractivity (Wildman–Crippen MR) is 109 cm³/mol. The summed E-state index contributed by atoms with van der Waals surface area (Å²) in [5.41, 5.74) is 2.30. The van der Waals surface area contributed by atoms with Crippen LogP contribution in [-0.2, 0) is 0 Å². The maximum absolute atomic E-state index is 10.2. The van der Waals surface area contributed by atoms with Crippen LogP contribution >= 0.6 is 34.8 Å². The van der Waals surface area contributed by atoms with Crippen LogP contribution in [0.25, 0.3) is 11.5 Å². The third-order valence-electron chi connectivity index (χ3n) is 4.17. The molecule has 2 N–H and O–H groups in total. The molecule has 1 unspecified atom stereocenters. The molecule has 2 aromatic carbocycles. The number of aliphatic hydroxyl groups excluding tert-OH is 1. The second-order valence-electron chi connectivity index (χ2n) is 6.15. The summed E-state index contributed by atoms with van der Waals surface area (Å²) in [5, 5.41) is 31.7. The molecule has 0 saturated carbocycles. The van der Waals surface area contributed by atoms with Crippen molar-refractivity contribution in [1.29, 1.82) is 5.26 Å². The number of benzene rings is 2. The Morgan fingerprint density at radius 2 is 1.89 bits per heavy atom. The fourth-order valence-electron chi connectivity index (χ4n) is 2.59. The topological polar surface area (TPSA) is 95.0 Å². The molecule has 9 heteroatoms. The van der Waals surface area contributed by atoms with E-state index < -0.39 is 12.1 Å². The van der Waals surface area contributed by atoms with Gasteiger partial charge in [0.05, 0.1) is 26.7 Å². The van der Waals surface area contributed by atoms with Gasteiger partial charge in [0.25, 0.3) is 0 Å². The first-order valence-corrected chi connectivity index (χ1v) is 9.37. The van der Waals surface area contributed by atoms with Gasteiger partial charge in [0, 0.05) is 11.3 Å². The molecular formula is C19H15Cl3N4O2. The van der Waals surface area contributed by atoms with E-state index in [9.17, 15) is 5.11 Å². The Kier molecular flexibility index (Phi) is 6.11. The lowest BCUT2D eigenvalue weighted by Crippen LogP contribution is -2.23. The summed E-state index contributed by atoms with van der Waals surface area (Å²) in [6.07, 6.45) is -0.851. The monoisotopic (exact) mass is 436 g/mol. The molecule has 28 heavy (non-hydrogen) atoms. The SMILES string of the molecule is Cc1c(NC(c2nnc(-c3ccc(Cl)c(Cl)c3)o2)[C@H](C)O)ccc(C#N)c1Cl. The average molecular weight is 438 g/mol. The fourth-order valence-corrected chi connectivity index (χ4v) is 3.10. The number of aliphatic hydroxyl groups is 1. The van der Waals surface area contributed by atoms with E-state index in [0.717, 1.165) is 0 Å². The summed E-state index contributed by atoms with van der Waals surface area (Å²) in [7, 11) is 0. The fraction of sp³-hybridized carbons (Fsp3) is 0.211. The van der Waals surface area contributed by atoms with Gasteiger partial charge in [0.2, 0.25) is 11.8 Å². The number of nitrogens with one attached hydrogen (secondary N) is 1. The summed E-state index contributed by atoms with van der Waals surface area (Å²) in [6.45, 7) is 3.38. The molecule has 0 spiro atoms. The van der Waals surface area contributed by atoms with Crippen molar-refractivity contribution >= 4 is 40.5 Å². The van der Waals surface area contributed by atoms with Crippen LogP contribution < -0.4 is 5.32 Å². The highest BCUT2D eigenvalue weighted by molar-refractivity contribution is 6.42. The third-order valence-corrected chi connectivity index (χ3v) is 5.40. The molecule has 0 aliphatic rings. The first-order chi connectivity index (χ1) is 13.3. The molecule has 3 rings (SSSR count). The molecule has 0 amide bonds. The van der Waals surface area contributed by atoms with Crippen LogP contribution in [0, 0.1) is 18.3 Å². The van der Waals surface area contributed by atoms with Gasteiger partial charge in [-0.2, -0.15) is 5.26 Å². The quantitative estimate of drug-likeness (QED) is 0.554. The zero-order valence-electron chi connectivity index (χ0n) is 14.9. The van der Waals surface area contributed by atoms with Gasteiger partial charge < -0.3 is 14.8 Å². The number of rotatable bonds is 5. The van der Waals surface area contributed by atoms with E-state index in [1.807, 2.05) is 6.07 Å². The van der Waals surface area contributed by atoms with Gasteiger partial charge in [0.15, 0.2) is 0 Å². The number of hydrogen-bond acceptors (Lipinski definition) is 6. The van der Waals surface area contributed by atoms with Crippen molar-refractivity contribution in [1.82, 2.24) is 10.2 Å². The van der Waals surface area contributed by atoms with E-state index in [1.54, 1.807) is 44.2 Å². The van der Waals surface area contributed by atoms with Gasteiger partial charge in [0.1, 0.15) is 12.1 Å². The molecule has 0 saturated heterocycles. The summed E-state index contributed by atoms with van der Waals surface area (Å²) >= 11 is 18.2. The minimum atomic E-state index is -0.851. The van der Waals surface area contributed by atoms with Crippen molar-refractivity contribution in [3.05, 3.63) is 62.4 Å². The van der Waals surface area contributed by atoms with E-state index in [2.05, 4.69) is 15.5 Å². The average Bonchev–Trinajstić information content (AvgIpc) is 3.14. The molecule has 0 fully saturated rings. The lowest BCUT2D eigenvalue weighted by Gasteiger charge is -2.21. The highest BCUT2D eigenvalue weighted by atomic mass is 35.5. The van der Waals surface area contributed by atoms with Gasteiger partial charge in [-0.1, -0.05) is 34.8 Å². The van der Waals surface area contributed by atoms with Crippen molar-refractivity contribution in [2.45, 2.75) is 26.0 Å². The molecule has 0 aliphatic heterocycles. The zero-order chi connectivity index (χ0) is 20.4. The lowest BCUT2D eigenvalue weighted by molar-refractivity contribution is 0.159. The van der Waals surface area contributed by atoms with Crippen LogP contribution in [0.4, 0.5) is 5.69 Å². The number of aromatic nitrogens is 2. The standard InChI is InChI=1S/C19H15Cl3N4O2/c1-9-15(6-4-12(8-23)16(9)22)24-17(10(2)27)19-26-25-18(28-19)11-3-5-13(20)14(21)7-11/h3-7,10,17,24,27H,1-2H3/t10-,17?/m0/s1. The smallest absolute Gasteiger partial charge is 0.247 e. The van der Waals surface area contributed by atoms with Crippen LogP contribution in [-0.4, -0.2) is 21.4 Å². The highest BCUT2D eigenvalue weighted by Crippen LogP contribution is 2.32. The minimum absolute atomic E-state index is 0.191. The third kappa shape index (κ3) is 4.08. The van der Waals surface area contributed by atoms with E-state index in [-0.39, 0.29) is 11.8 Å². The predicted octanol–water partition coefficient (Wildman–Crippen LogP) is 5.41. The molecule has 144 valence electrons. The highest BCUT2D eigenvalue weighted by Gasteiger charge is 2.25. The van der Waals surface area contributed by atoms with Crippen molar-refractivity contribution in [3.8, 4) is 17.5 Å². The Bertz CT molecular complexity index is 1060. The van der Waals surface area contributed by atoms with E-state index >= 15 is 0 Å². The molecule has 1 aromatic heterocycles. The van der Waals surface area contributed by atoms with Crippen molar-refractivity contribution in [2.24, 2.45) is 0 Å². The normalized spacial score (nSPS) is 13.0. The van der Waals surface area contributed by atoms with Crippen LogP contribution in [0.1, 0.15) is 30.0 Å². The Hall–Kier alpha value is -2.30. The van der Waals surface area contributed by atoms with E-state index in [4.69, 9.17) is 44.5 Å². The van der Waals surface area contributed by atoms with Gasteiger partial charge in [-0.25, -0.2) is 0 Å². The molecule has 1 heterocycles. The van der Waals surface area contributed by atoms with Crippen molar-refractivity contribution in [2.75, 3.05) is 5.32 Å². The van der Waals surface area contributed by atoms with Crippen LogP contribution in [0.2, 0.25) is 15.1 Å². The molecule has 0 radical (unpaired) electrons. The summed E-state index contributed by atoms with van der Waals surface area (Å²) in [5.74, 6) is 0.437. The van der Waals surface area contributed by atoms with Gasteiger partial charge >= 0.3 is 0 Å². The van der Waals surface area contributed by atoms with Crippen molar-refractivity contribution in [3.63, 3.8) is 0 Å². The molecule has 3 aromatic rings. The minimum Gasteiger partial charge on any atom is -0.418 e. The maximum Gasteiger partial charge on any atom is 0.247 e. The van der Waals surface area contributed by atoms with Gasteiger partial charge in [-0.05, 0) is 49.7 Å². The van der Waals surface area contributed by atoms with Crippen molar-refractivity contribution < 1.29 is 9.52 Å². The Morgan fingerprint density at radius 3 is 2.54 bits per heavy atom. The molecule has 0 bridgehead atoms. The van der Waals surface area contributed by atoms with E-state index in [0.29, 0.717) is 37.4 Å².